The molecule has 0 aliphatic rings. The molecule has 0 unspecified atom stereocenters. The van der Waals surface area contributed by atoms with Gasteiger partial charge in [-0.15, -0.1) is 0 Å². The Morgan fingerprint density at radius 3 is 1.31 bits per heavy atom. The molecule has 2 N–H and O–H groups in total. The van der Waals surface area contributed by atoms with Crippen LogP contribution in [0.15, 0.2) is 182 Å². The number of rotatable bonds is 34. The summed E-state index contributed by atoms with van der Waals surface area (Å²) in [4.78, 5) is 38.7. The summed E-state index contributed by atoms with van der Waals surface area (Å²) < 4.78 is 34.0. The number of nitrogens with one attached hydrogen (secondary N) is 2. The zero-order valence-corrected chi connectivity index (χ0v) is 39.9. The minimum absolute atomic E-state index is 0.00693. The maximum atomic E-state index is 14.7. The van der Waals surface area contributed by atoms with Crippen LogP contribution in [0.5, 0.6) is 5.75 Å². The molecule has 0 atom stereocenters. The van der Waals surface area contributed by atoms with Gasteiger partial charge in [0.15, 0.2) is 0 Å². The molecule has 0 fully saturated rings. The molecule has 0 heterocycles. The third kappa shape index (κ3) is 30.4. The quantitative estimate of drug-likeness (QED) is 0.0317. The molecule has 0 saturated carbocycles. The van der Waals surface area contributed by atoms with Gasteiger partial charge in [0.25, 0.3) is 5.91 Å². The second kappa shape index (κ2) is 39.9. The monoisotopic (exact) mass is 913 g/mol. The van der Waals surface area contributed by atoms with Gasteiger partial charge in [-0.05, 0) is 120 Å². The van der Waals surface area contributed by atoms with Crippen molar-refractivity contribution in [2.24, 2.45) is 0 Å². The molecule has 2 aromatic rings. The third-order valence-corrected chi connectivity index (χ3v) is 9.67. The second-order valence-electron chi connectivity index (χ2n) is 15.3. The van der Waals surface area contributed by atoms with Crippen LogP contribution in [-0.2, 0) is 9.59 Å². The van der Waals surface area contributed by atoms with Crippen LogP contribution in [0.3, 0.4) is 0 Å². The predicted molar refractivity (Wildman–Crippen MR) is 278 cm³/mol. The van der Waals surface area contributed by atoms with Crippen LogP contribution in [0.2, 0.25) is 0 Å². The molecular formula is C59H74F2N2O4. The number of carbonyl (C=O) groups is 3. The number of benzene rings is 2. The fourth-order valence-corrected chi connectivity index (χ4v) is 6.12. The largest absolute Gasteiger partial charge is 0.426 e. The predicted octanol–water partition coefficient (Wildman–Crippen LogP) is 15.3. The minimum atomic E-state index is -0.792. The van der Waals surface area contributed by atoms with Gasteiger partial charge in [-0.25, -0.2) is 8.78 Å². The van der Waals surface area contributed by atoms with Crippen LogP contribution < -0.4 is 15.4 Å². The number of carbonyl (C=O) groups excluding carboxylic acids is 3. The smallest absolute Gasteiger partial charge is 0.311 e. The van der Waals surface area contributed by atoms with Crippen LogP contribution in [0.4, 0.5) is 8.78 Å². The van der Waals surface area contributed by atoms with E-state index in [0.29, 0.717) is 24.8 Å². The van der Waals surface area contributed by atoms with Gasteiger partial charge in [0.2, 0.25) is 5.91 Å². The van der Waals surface area contributed by atoms with E-state index in [4.69, 9.17) is 4.74 Å². The summed E-state index contributed by atoms with van der Waals surface area (Å²) in [7, 11) is 0. The number of esters is 1. The highest BCUT2D eigenvalue weighted by Crippen LogP contribution is 2.29. The van der Waals surface area contributed by atoms with E-state index in [1.807, 2.05) is 24.3 Å². The fourth-order valence-electron chi connectivity index (χ4n) is 6.12. The van der Waals surface area contributed by atoms with Crippen molar-refractivity contribution in [3.05, 3.63) is 199 Å². The topological polar surface area (TPSA) is 84.5 Å². The molecule has 358 valence electrons. The first-order valence-electron chi connectivity index (χ1n) is 24.0. The average molecular weight is 913 g/mol. The number of hydrogen-bond donors (Lipinski definition) is 2. The van der Waals surface area contributed by atoms with Crippen molar-refractivity contribution in [1.82, 2.24) is 10.6 Å². The zero-order chi connectivity index (χ0) is 48.3. The van der Waals surface area contributed by atoms with Gasteiger partial charge in [-0.3, -0.25) is 14.4 Å². The summed E-state index contributed by atoms with van der Waals surface area (Å²) in [5, 5.41) is 5.55. The zero-order valence-electron chi connectivity index (χ0n) is 39.9. The standard InChI is InChI=1S/C59H74F2N2O4/c1-3-5-7-9-11-13-15-17-19-21-23-25-27-29-31-33-35-37-39-41-57(64)62-47-48-63-59(66)54-49-51(53-45-44-52(60)50-55(53)61)43-46-56(54)67-58(65)42-40-38-36-34-32-30-28-26-24-22-20-18-16-14-12-10-8-6-4-2/h5-8,11-14,17-20,23-26,29-32,35-38,43-46,49-50H,3-4,9-10,15-16,21-22,27-28,33-34,39-42,47-48H2,1-2H3,(H,62,64)(H,63,66)/b7-5-,8-6-,13-11-,14-12-,19-17-,20-18-,25-23-,26-24-,31-29-,32-30-,37-35-,38-36-. The van der Waals surface area contributed by atoms with Crippen LogP contribution >= 0.6 is 0 Å². The minimum Gasteiger partial charge on any atom is -0.426 e. The number of ether oxygens (including phenoxy) is 1. The lowest BCUT2D eigenvalue weighted by molar-refractivity contribution is -0.134. The highest BCUT2D eigenvalue weighted by molar-refractivity contribution is 5.99. The molecule has 8 heteroatoms. The molecule has 0 radical (unpaired) electrons. The van der Waals surface area contributed by atoms with E-state index in [1.165, 1.54) is 24.3 Å². The van der Waals surface area contributed by atoms with E-state index in [1.54, 1.807) is 0 Å². The lowest BCUT2D eigenvalue weighted by Crippen LogP contribution is -2.34. The van der Waals surface area contributed by atoms with E-state index in [-0.39, 0.29) is 42.3 Å². The molecule has 0 saturated heterocycles. The average Bonchev–Trinajstić information content (AvgIpc) is 3.32. The molecule has 0 bridgehead atoms. The Balaban J connectivity index is 1.74. The van der Waals surface area contributed by atoms with Gasteiger partial charge in [0.1, 0.15) is 17.4 Å². The highest BCUT2D eigenvalue weighted by atomic mass is 19.1. The van der Waals surface area contributed by atoms with Crippen molar-refractivity contribution in [3.63, 3.8) is 0 Å². The van der Waals surface area contributed by atoms with Crippen LogP contribution in [0, 0.1) is 11.6 Å². The van der Waals surface area contributed by atoms with E-state index in [0.717, 1.165) is 89.2 Å². The van der Waals surface area contributed by atoms with E-state index in [9.17, 15) is 23.2 Å². The van der Waals surface area contributed by atoms with Crippen LogP contribution in [0.25, 0.3) is 11.1 Å². The molecule has 2 amide bonds. The normalized spacial score (nSPS) is 12.7. The van der Waals surface area contributed by atoms with Gasteiger partial charge in [0.05, 0.1) is 5.56 Å². The molecule has 0 aliphatic carbocycles. The first-order chi connectivity index (χ1) is 32.8. The molecular weight excluding hydrogens is 839 g/mol. The molecule has 0 aromatic heterocycles. The Morgan fingerprint density at radius 1 is 0.478 bits per heavy atom. The number of allylic oxidation sites excluding steroid dienone is 24. The molecule has 67 heavy (non-hydrogen) atoms. The summed E-state index contributed by atoms with van der Waals surface area (Å²) in [6, 6.07) is 7.53. The Bertz CT molecular complexity index is 2090. The van der Waals surface area contributed by atoms with Crippen molar-refractivity contribution in [1.29, 1.82) is 0 Å². The fraction of sp³-hybridized carbons (Fsp3) is 0.339. The molecule has 2 rings (SSSR count). The summed E-state index contributed by atoms with van der Waals surface area (Å²) >= 11 is 0. The summed E-state index contributed by atoms with van der Waals surface area (Å²) in [6.45, 7) is 4.56. The highest BCUT2D eigenvalue weighted by Gasteiger charge is 2.18. The lowest BCUT2D eigenvalue weighted by Gasteiger charge is -2.13. The van der Waals surface area contributed by atoms with Crippen molar-refractivity contribution >= 4 is 17.8 Å². The maximum Gasteiger partial charge on any atom is 0.311 e. The van der Waals surface area contributed by atoms with Gasteiger partial charge in [0, 0.05) is 37.6 Å². The van der Waals surface area contributed by atoms with E-state index < -0.39 is 23.5 Å². The Hall–Kier alpha value is -6.41. The number of halogens is 2. The van der Waals surface area contributed by atoms with Gasteiger partial charge in [-0.1, -0.05) is 166 Å². The van der Waals surface area contributed by atoms with Gasteiger partial charge >= 0.3 is 5.97 Å². The molecule has 2 aromatic carbocycles. The molecule has 0 aliphatic heterocycles. The molecule has 0 spiro atoms. The SMILES string of the molecule is CC/C=C\C/C=C\C/C=C\C/C=C\C/C=C\C/C=C\CCC(=O)NCCNC(=O)c1cc(-c2ccc(F)cc2F)ccc1OC(=O)CC/C=C\C/C=C\C/C=C\C/C=C\C/C=C\C/C=C\CC. The van der Waals surface area contributed by atoms with E-state index in [2.05, 4.69) is 146 Å². The van der Waals surface area contributed by atoms with Crippen molar-refractivity contribution in [2.45, 2.75) is 117 Å². The first-order valence-corrected chi connectivity index (χ1v) is 24.0. The second-order valence-corrected chi connectivity index (χ2v) is 15.3. The van der Waals surface area contributed by atoms with Crippen LogP contribution in [-0.4, -0.2) is 30.9 Å². The van der Waals surface area contributed by atoms with Crippen molar-refractivity contribution in [3.8, 4) is 16.9 Å². The van der Waals surface area contributed by atoms with Crippen molar-refractivity contribution < 1.29 is 27.9 Å². The Morgan fingerprint density at radius 2 is 0.881 bits per heavy atom. The third-order valence-electron chi connectivity index (χ3n) is 9.67. The van der Waals surface area contributed by atoms with Crippen molar-refractivity contribution in [2.75, 3.05) is 13.1 Å². The number of hydrogen-bond acceptors (Lipinski definition) is 4. The first kappa shape index (κ1) is 56.7. The van der Waals surface area contributed by atoms with Crippen LogP contribution in [0.1, 0.15) is 127 Å². The summed E-state index contributed by atoms with van der Waals surface area (Å²) in [5.41, 5.74) is 0.403. The Kier molecular flexibility index (Phi) is 33.8. The summed E-state index contributed by atoms with van der Waals surface area (Å²) in [6.07, 6.45) is 63.6. The van der Waals surface area contributed by atoms with E-state index >= 15 is 0 Å². The lowest BCUT2D eigenvalue weighted by atomic mass is 10.0. The molecule has 6 nitrogen and oxygen atoms in total. The van der Waals surface area contributed by atoms with Gasteiger partial charge in [-0.2, -0.15) is 0 Å². The maximum absolute atomic E-state index is 14.7. The summed E-state index contributed by atoms with van der Waals surface area (Å²) in [5.74, 6) is -2.76. The number of amides is 2. The Labute approximate surface area is 400 Å². The van der Waals surface area contributed by atoms with Gasteiger partial charge < -0.3 is 15.4 Å².